The number of amides is 2. The second-order valence-corrected chi connectivity index (χ2v) is 2.96. The van der Waals surface area contributed by atoms with Crippen LogP contribution in [0, 0.1) is 0 Å². The summed E-state index contributed by atoms with van der Waals surface area (Å²) in [7, 11) is 2.91. The van der Waals surface area contributed by atoms with E-state index < -0.39 is 18.0 Å². The number of ether oxygens (including phenoxy) is 1. The average molecular weight is 216 g/mol. The van der Waals surface area contributed by atoms with E-state index in [9.17, 15) is 9.59 Å². The van der Waals surface area contributed by atoms with Gasteiger partial charge in [0.25, 0.3) is 0 Å². The van der Waals surface area contributed by atoms with Crippen LogP contribution in [0.25, 0.3) is 0 Å². The monoisotopic (exact) mass is 216 g/mol. The van der Waals surface area contributed by atoms with Gasteiger partial charge in [-0.25, -0.2) is 9.59 Å². The van der Waals surface area contributed by atoms with Crippen LogP contribution in [-0.2, 0) is 9.53 Å². The molecule has 2 N–H and O–H groups in total. The normalized spacial score (nSPS) is 11.6. The fourth-order valence-electron chi connectivity index (χ4n) is 0.877. The molecule has 86 valence electrons. The molecule has 6 nitrogen and oxygen atoms in total. The van der Waals surface area contributed by atoms with Crippen molar-refractivity contribution < 1.29 is 19.4 Å². The van der Waals surface area contributed by atoms with Crippen LogP contribution in [0.2, 0.25) is 0 Å². The van der Waals surface area contributed by atoms with Crippen molar-refractivity contribution in [1.29, 1.82) is 0 Å². The van der Waals surface area contributed by atoms with Crippen molar-refractivity contribution in [1.82, 2.24) is 10.2 Å². The maximum absolute atomic E-state index is 11.4. The van der Waals surface area contributed by atoms with Crippen LogP contribution in [0.1, 0.15) is 0 Å². The molecule has 0 saturated heterocycles. The Morgan fingerprint density at radius 2 is 2.27 bits per heavy atom. The van der Waals surface area contributed by atoms with Gasteiger partial charge in [-0.2, -0.15) is 0 Å². The van der Waals surface area contributed by atoms with Gasteiger partial charge in [-0.15, -0.1) is 6.58 Å². The Labute approximate surface area is 88.5 Å². The van der Waals surface area contributed by atoms with Gasteiger partial charge in [0.2, 0.25) is 0 Å². The van der Waals surface area contributed by atoms with Gasteiger partial charge in [0.05, 0.1) is 6.61 Å². The lowest BCUT2D eigenvalue weighted by Gasteiger charge is -2.19. The summed E-state index contributed by atoms with van der Waals surface area (Å²) in [6.45, 7) is 3.76. The maximum Gasteiger partial charge on any atom is 0.328 e. The van der Waals surface area contributed by atoms with Gasteiger partial charge < -0.3 is 20.1 Å². The van der Waals surface area contributed by atoms with Crippen LogP contribution in [0.4, 0.5) is 4.79 Å². The number of urea groups is 1. The highest BCUT2D eigenvalue weighted by Gasteiger charge is 2.20. The third-order valence-corrected chi connectivity index (χ3v) is 1.68. The SMILES string of the molecule is C=CCN(C)C(=O)NC(COC)C(=O)O. The molecule has 0 aromatic rings. The number of carbonyl (C=O) groups is 2. The molecule has 0 aliphatic heterocycles. The van der Waals surface area contributed by atoms with Gasteiger partial charge in [0, 0.05) is 20.7 Å². The molecule has 0 heterocycles. The molecule has 2 amide bonds. The summed E-state index contributed by atoms with van der Waals surface area (Å²) in [5.41, 5.74) is 0. The lowest BCUT2D eigenvalue weighted by molar-refractivity contribution is -0.140. The zero-order valence-electron chi connectivity index (χ0n) is 8.90. The second kappa shape index (κ2) is 6.83. The van der Waals surface area contributed by atoms with Gasteiger partial charge in [-0.3, -0.25) is 0 Å². The largest absolute Gasteiger partial charge is 0.480 e. The molecule has 15 heavy (non-hydrogen) atoms. The number of aliphatic carboxylic acids is 1. The third kappa shape index (κ3) is 5.02. The molecule has 0 saturated carbocycles. The minimum absolute atomic E-state index is 0.0665. The molecule has 1 unspecified atom stereocenters. The van der Waals surface area contributed by atoms with E-state index in [4.69, 9.17) is 5.11 Å². The lowest BCUT2D eigenvalue weighted by atomic mass is 10.3. The van der Waals surface area contributed by atoms with Crippen molar-refractivity contribution in [3.63, 3.8) is 0 Å². The maximum atomic E-state index is 11.4. The molecule has 0 aromatic heterocycles. The van der Waals surface area contributed by atoms with Crippen LogP contribution in [0.15, 0.2) is 12.7 Å². The van der Waals surface area contributed by atoms with Crippen molar-refractivity contribution in [3.8, 4) is 0 Å². The summed E-state index contributed by atoms with van der Waals surface area (Å²) in [5.74, 6) is -1.13. The first-order valence-corrected chi connectivity index (χ1v) is 4.37. The molecular formula is C9H16N2O4. The van der Waals surface area contributed by atoms with E-state index in [0.29, 0.717) is 6.54 Å². The van der Waals surface area contributed by atoms with E-state index in [2.05, 4.69) is 16.6 Å². The highest BCUT2D eigenvalue weighted by atomic mass is 16.5. The van der Waals surface area contributed by atoms with Crippen molar-refractivity contribution in [2.75, 3.05) is 27.3 Å². The van der Waals surface area contributed by atoms with Gasteiger partial charge in [0.15, 0.2) is 6.04 Å². The molecule has 6 heteroatoms. The van der Waals surface area contributed by atoms with Gasteiger partial charge in [-0.05, 0) is 0 Å². The van der Waals surface area contributed by atoms with E-state index in [-0.39, 0.29) is 6.61 Å². The zero-order valence-corrected chi connectivity index (χ0v) is 8.90. The Morgan fingerprint density at radius 3 is 2.67 bits per heavy atom. The first-order valence-electron chi connectivity index (χ1n) is 4.37. The molecule has 0 bridgehead atoms. The Morgan fingerprint density at radius 1 is 1.67 bits per heavy atom. The number of likely N-dealkylation sites (N-methyl/N-ethyl adjacent to an activating group) is 1. The fraction of sp³-hybridized carbons (Fsp3) is 0.556. The predicted octanol–water partition coefficient (Wildman–Crippen LogP) is -0.0866. The first-order chi connectivity index (χ1) is 7.02. The lowest BCUT2D eigenvalue weighted by Crippen LogP contribution is -2.48. The van der Waals surface area contributed by atoms with E-state index in [1.807, 2.05) is 0 Å². The summed E-state index contributed by atoms with van der Waals surface area (Å²) in [6.07, 6.45) is 1.55. The highest BCUT2D eigenvalue weighted by Crippen LogP contribution is 1.90. The van der Waals surface area contributed by atoms with E-state index >= 15 is 0 Å². The molecule has 0 aromatic carbocycles. The minimum atomic E-state index is -1.13. The van der Waals surface area contributed by atoms with Crippen molar-refractivity contribution in [2.45, 2.75) is 6.04 Å². The van der Waals surface area contributed by atoms with Crippen LogP contribution >= 0.6 is 0 Å². The summed E-state index contributed by atoms with van der Waals surface area (Å²) >= 11 is 0. The van der Waals surface area contributed by atoms with E-state index in [1.165, 1.54) is 12.0 Å². The minimum Gasteiger partial charge on any atom is -0.480 e. The number of nitrogens with zero attached hydrogens (tertiary/aromatic N) is 1. The van der Waals surface area contributed by atoms with Crippen LogP contribution < -0.4 is 5.32 Å². The second-order valence-electron chi connectivity index (χ2n) is 2.96. The van der Waals surface area contributed by atoms with Crippen LogP contribution in [0.5, 0.6) is 0 Å². The summed E-state index contributed by atoms with van der Waals surface area (Å²) in [5, 5.41) is 11.0. The summed E-state index contributed by atoms with van der Waals surface area (Å²) in [4.78, 5) is 23.4. The smallest absolute Gasteiger partial charge is 0.328 e. The molecular weight excluding hydrogens is 200 g/mol. The number of carbonyl (C=O) groups excluding carboxylic acids is 1. The zero-order chi connectivity index (χ0) is 11.8. The molecule has 0 aliphatic rings. The summed E-state index contributed by atoms with van der Waals surface area (Å²) < 4.78 is 4.67. The number of carboxylic acids is 1. The van der Waals surface area contributed by atoms with E-state index in [0.717, 1.165) is 0 Å². The van der Waals surface area contributed by atoms with Gasteiger partial charge >= 0.3 is 12.0 Å². The third-order valence-electron chi connectivity index (χ3n) is 1.68. The quantitative estimate of drug-likeness (QED) is 0.608. The fourth-order valence-corrected chi connectivity index (χ4v) is 0.877. The van der Waals surface area contributed by atoms with Crippen molar-refractivity contribution in [2.24, 2.45) is 0 Å². The van der Waals surface area contributed by atoms with Gasteiger partial charge in [0.1, 0.15) is 0 Å². The van der Waals surface area contributed by atoms with Crippen LogP contribution in [-0.4, -0.2) is 55.4 Å². The van der Waals surface area contributed by atoms with Crippen molar-refractivity contribution in [3.05, 3.63) is 12.7 Å². The number of rotatable bonds is 6. The Kier molecular flexibility index (Phi) is 6.12. The number of nitrogens with one attached hydrogen (secondary N) is 1. The molecule has 0 radical (unpaired) electrons. The molecule has 0 rings (SSSR count). The Hall–Kier alpha value is -1.56. The van der Waals surface area contributed by atoms with Gasteiger partial charge in [-0.1, -0.05) is 6.08 Å². The molecule has 0 fully saturated rings. The molecule has 1 atom stereocenters. The number of carboxylic acid groups (broad SMARTS) is 1. The number of methoxy groups -OCH3 is 1. The first kappa shape index (κ1) is 13.4. The number of hydrogen-bond donors (Lipinski definition) is 2. The van der Waals surface area contributed by atoms with E-state index in [1.54, 1.807) is 13.1 Å². The molecule has 0 aliphatic carbocycles. The van der Waals surface area contributed by atoms with Crippen LogP contribution in [0.3, 0.4) is 0 Å². The average Bonchev–Trinajstić information content (AvgIpc) is 2.17. The molecule has 0 spiro atoms. The van der Waals surface area contributed by atoms with Crippen molar-refractivity contribution >= 4 is 12.0 Å². The number of hydrogen-bond acceptors (Lipinski definition) is 3. The Bertz CT molecular complexity index is 242. The summed E-state index contributed by atoms with van der Waals surface area (Å²) in [6, 6.07) is -1.51. The standard InChI is InChI=1S/C9H16N2O4/c1-4-5-11(2)9(14)10-7(6-15-3)8(12)13/h4,7H,1,5-6H2,2-3H3,(H,10,14)(H,12,13). The Balaban J connectivity index is 4.21. The predicted molar refractivity (Wildman–Crippen MR) is 54.7 cm³/mol. The topological polar surface area (TPSA) is 78.9 Å². The highest BCUT2D eigenvalue weighted by molar-refractivity contribution is 5.82.